The van der Waals surface area contributed by atoms with Gasteiger partial charge in [0.25, 0.3) is 0 Å². The molecule has 2 N–H and O–H groups in total. The molecule has 0 unspecified atom stereocenters. The van der Waals surface area contributed by atoms with Crippen molar-refractivity contribution in [3.05, 3.63) is 35.9 Å². The molecule has 0 radical (unpaired) electrons. The molecule has 150 valence electrons. The fraction of sp³-hybridized carbons (Fsp3) is 0.682. The van der Waals surface area contributed by atoms with Crippen LogP contribution < -0.4 is 0 Å². The predicted octanol–water partition coefficient (Wildman–Crippen LogP) is 2.21. The monoisotopic (exact) mass is 374 g/mol. The SMILES string of the molecule is CCN(C[C@]1(O)CN(C(=O)CCc2ccccc2)C[C@H]1O)C1CCCCC1. The van der Waals surface area contributed by atoms with Gasteiger partial charge >= 0.3 is 0 Å². The van der Waals surface area contributed by atoms with Gasteiger partial charge in [-0.15, -0.1) is 0 Å². The fourth-order valence-electron chi connectivity index (χ4n) is 4.58. The zero-order valence-electron chi connectivity index (χ0n) is 16.5. The Hall–Kier alpha value is -1.43. The van der Waals surface area contributed by atoms with Crippen molar-refractivity contribution >= 4 is 5.91 Å². The number of β-amino-alcohol motifs (C(OH)–C–C–N with tert-alkyl or cyclic N) is 2. The van der Waals surface area contributed by atoms with E-state index in [2.05, 4.69) is 11.8 Å². The van der Waals surface area contributed by atoms with E-state index in [0.29, 0.717) is 25.4 Å². The number of nitrogens with zero attached hydrogens (tertiary/aromatic N) is 2. The smallest absolute Gasteiger partial charge is 0.223 e. The van der Waals surface area contributed by atoms with Gasteiger partial charge in [-0.1, -0.05) is 56.5 Å². The van der Waals surface area contributed by atoms with Gasteiger partial charge in [-0.25, -0.2) is 0 Å². The molecule has 0 aromatic heterocycles. The van der Waals surface area contributed by atoms with E-state index in [1.165, 1.54) is 32.1 Å². The number of amides is 1. The number of carbonyl (C=O) groups excluding carboxylic acids is 1. The summed E-state index contributed by atoms with van der Waals surface area (Å²) in [6.45, 7) is 3.87. The lowest BCUT2D eigenvalue weighted by Crippen LogP contribution is -2.54. The molecular weight excluding hydrogens is 340 g/mol. The second-order valence-electron chi connectivity index (χ2n) is 8.23. The van der Waals surface area contributed by atoms with Crippen LogP contribution in [0.1, 0.15) is 51.0 Å². The third kappa shape index (κ3) is 5.09. The molecular formula is C22H34N2O3. The van der Waals surface area contributed by atoms with Gasteiger partial charge in [-0.3, -0.25) is 9.69 Å². The zero-order valence-corrected chi connectivity index (χ0v) is 16.5. The molecule has 1 aliphatic heterocycles. The van der Waals surface area contributed by atoms with Crippen LogP contribution in [0.5, 0.6) is 0 Å². The topological polar surface area (TPSA) is 64.0 Å². The van der Waals surface area contributed by atoms with Crippen molar-refractivity contribution < 1.29 is 15.0 Å². The molecule has 2 fully saturated rings. The Morgan fingerprint density at radius 1 is 1.22 bits per heavy atom. The van der Waals surface area contributed by atoms with Crippen LogP contribution in [-0.2, 0) is 11.2 Å². The molecule has 1 aromatic carbocycles. The Balaban J connectivity index is 1.56. The first-order chi connectivity index (χ1) is 13.0. The van der Waals surface area contributed by atoms with Gasteiger partial charge in [0.15, 0.2) is 0 Å². The first kappa shape index (κ1) is 20.3. The van der Waals surface area contributed by atoms with Gasteiger partial charge in [0, 0.05) is 25.6 Å². The lowest BCUT2D eigenvalue weighted by molar-refractivity contribution is -0.131. The Bertz CT molecular complexity index is 603. The molecule has 27 heavy (non-hydrogen) atoms. The largest absolute Gasteiger partial charge is 0.388 e. The third-order valence-corrected chi connectivity index (χ3v) is 6.28. The van der Waals surface area contributed by atoms with Crippen LogP contribution in [0, 0.1) is 0 Å². The summed E-state index contributed by atoms with van der Waals surface area (Å²) in [6.07, 6.45) is 6.33. The maximum atomic E-state index is 12.6. The van der Waals surface area contributed by atoms with E-state index < -0.39 is 11.7 Å². The molecule has 3 rings (SSSR count). The minimum absolute atomic E-state index is 0.00884. The number of carbonyl (C=O) groups is 1. The minimum atomic E-state index is -1.23. The summed E-state index contributed by atoms with van der Waals surface area (Å²) in [6, 6.07) is 10.4. The molecule has 1 saturated carbocycles. The standard InChI is InChI=1S/C22H34N2O3/c1-2-23(19-11-7-4-8-12-19)16-22(27)17-24(15-20(22)25)21(26)14-13-18-9-5-3-6-10-18/h3,5-6,9-10,19-20,25,27H,2,4,7-8,11-17H2,1H3/t20-,22+/m1/s1. The number of hydrogen-bond acceptors (Lipinski definition) is 4. The first-order valence-electron chi connectivity index (χ1n) is 10.5. The summed E-state index contributed by atoms with van der Waals surface area (Å²) in [5, 5.41) is 21.6. The number of likely N-dealkylation sites (tertiary alicyclic amines) is 1. The molecule has 2 atom stereocenters. The van der Waals surface area contributed by atoms with Gasteiger partial charge in [-0.2, -0.15) is 0 Å². The van der Waals surface area contributed by atoms with Gasteiger partial charge < -0.3 is 15.1 Å². The lowest BCUT2D eigenvalue weighted by Gasteiger charge is -2.39. The van der Waals surface area contributed by atoms with Crippen LogP contribution in [0.15, 0.2) is 30.3 Å². The van der Waals surface area contributed by atoms with Crippen LogP contribution in [0.4, 0.5) is 0 Å². The van der Waals surface area contributed by atoms with E-state index in [-0.39, 0.29) is 19.0 Å². The maximum Gasteiger partial charge on any atom is 0.223 e. The van der Waals surface area contributed by atoms with Crippen LogP contribution in [0.2, 0.25) is 0 Å². The van der Waals surface area contributed by atoms with Crippen molar-refractivity contribution in [2.75, 3.05) is 26.2 Å². The Kier molecular flexibility index (Phi) is 6.90. The van der Waals surface area contributed by atoms with Crippen molar-refractivity contribution in [1.82, 2.24) is 9.80 Å². The van der Waals surface area contributed by atoms with Crippen LogP contribution in [0.25, 0.3) is 0 Å². The van der Waals surface area contributed by atoms with Crippen LogP contribution in [-0.4, -0.2) is 69.8 Å². The molecule has 1 amide bonds. The molecule has 0 bridgehead atoms. The summed E-state index contributed by atoms with van der Waals surface area (Å²) in [4.78, 5) is 16.5. The molecule has 1 saturated heterocycles. The first-order valence-corrected chi connectivity index (χ1v) is 10.5. The Morgan fingerprint density at radius 2 is 1.93 bits per heavy atom. The molecule has 1 aromatic rings. The van der Waals surface area contributed by atoms with Crippen molar-refractivity contribution in [1.29, 1.82) is 0 Å². The second kappa shape index (κ2) is 9.18. The number of hydrogen-bond donors (Lipinski definition) is 2. The predicted molar refractivity (Wildman–Crippen MR) is 106 cm³/mol. The Morgan fingerprint density at radius 3 is 2.59 bits per heavy atom. The second-order valence-corrected chi connectivity index (χ2v) is 8.23. The highest BCUT2D eigenvalue weighted by molar-refractivity contribution is 5.77. The van der Waals surface area contributed by atoms with E-state index in [1.807, 2.05) is 30.3 Å². The van der Waals surface area contributed by atoms with E-state index in [4.69, 9.17) is 0 Å². The zero-order chi connectivity index (χ0) is 19.3. The summed E-state index contributed by atoms with van der Waals surface area (Å²) in [7, 11) is 0. The summed E-state index contributed by atoms with van der Waals surface area (Å²) < 4.78 is 0. The molecule has 1 heterocycles. The summed E-state index contributed by atoms with van der Waals surface area (Å²) >= 11 is 0. The normalized spacial score (nSPS) is 26.7. The molecule has 5 nitrogen and oxygen atoms in total. The van der Waals surface area contributed by atoms with Gasteiger partial charge in [-0.05, 0) is 31.4 Å². The maximum absolute atomic E-state index is 12.6. The van der Waals surface area contributed by atoms with E-state index in [0.717, 1.165) is 12.1 Å². The summed E-state index contributed by atoms with van der Waals surface area (Å²) in [5.41, 5.74) is -0.0918. The van der Waals surface area contributed by atoms with Gasteiger partial charge in [0.05, 0.1) is 6.54 Å². The fourth-order valence-corrected chi connectivity index (χ4v) is 4.58. The minimum Gasteiger partial charge on any atom is -0.388 e. The molecule has 0 spiro atoms. The third-order valence-electron chi connectivity index (χ3n) is 6.28. The number of rotatable bonds is 7. The number of aliphatic hydroxyl groups excluding tert-OH is 1. The highest BCUT2D eigenvalue weighted by Gasteiger charge is 2.47. The Labute approximate surface area is 163 Å². The van der Waals surface area contributed by atoms with Crippen LogP contribution >= 0.6 is 0 Å². The highest BCUT2D eigenvalue weighted by Crippen LogP contribution is 2.28. The van der Waals surface area contributed by atoms with Gasteiger partial charge in [0.1, 0.15) is 11.7 Å². The van der Waals surface area contributed by atoms with Crippen molar-refractivity contribution in [2.24, 2.45) is 0 Å². The van der Waals surface area contributed by atoms with Crippen molar-refractivity contribution in [3.63, 3.8) is 0 Å². The van der Waals surface area contributed by atoms with Crippen molar-refractivity contribution in [3.8, 4) is 0 Å². The average molecular weight is 375 g/mol. The van der Waals surface area contributed by atoms with E-state index >= 15 is 0 Å². The number of benzene rings is 1. The highest BCUT2D eigenvalue weighted by atomic mass is 16.3. The number of aryl methyl sites for hydroxylation is 1. The van der Waals surface area contributed by atoms with Gasteiger partial charge in [0.2, 0.25) is 5.91 Å². The van der Waals surface area contributed by atoms with Crippen molar-refractivity contribution in [2.45, 2.75) is 69.6 Å². The molecule has 2 aliphatic rings. The average Bonchev–Trinajstić information content (AvgIpc) is 3.00. The summed E-state index contributed by atoms with van der Waals surface area (Å²) in [5.74, 6) is 0.00884. The van der Waals surface area contributed by atoms with E-state index in [1.54, 1.807) is 4.90 Å². The molecule has 1 aliphatic carbocycles. The number of aliphatic hydroxyl groups is 2. The lowest BCUT2D eigenvalue weighted by atomic mass is 9.92. The van der Waals surface area contributed by atoms with Crippen LogP contribution in [0.3, 0.4) is 0 Å². The quantitative estimate of drug-likeness (QED) is 0.768. The van der Waals surface area contributed by atoms with E-state index in [9.17, 15) is 15.0 Å². The molecule has 5 heteroatoms. The number of likely N-dealkylation sites (N-methyl/N-ethyl adjacent to an activating group) is 1.